The molecule has 0 aromatic heterocycles. The SMILES string of the molecule is CC1=CC(=O)N(CC2CC3CC2C2C4C=CC(C4)C32)C1O. The van der Waals surface area contributed by atoms with Crippen molar-refractivity contribution in [1.82, 2.24) is 4.90 Å². The molecule has 112 valence electrons. The highest BCUT2D eigenvalue weighted by Gasteiger charge is 2.61. The molecule has 4 bridgehead atoms. The number of hydrogen-bond donors (Lipinski definition) is 1. The van der Waals surface area contributed by atoms with Crippen LogP contribution in [0.4, 0.5) is 0 Å². The highest BCUT2D eigenvalue weighted by atomic mass is 16.3. The molecule has 0 aromatic rings. The third-order valence-electron chi connectivity index (χ3n) is 7.18. The van der Waals surface area contributed by atoms with Gasteiger partial charge in [0, 0.05) is 12.6 Å². The zero-order valence-corrected chi connectivity index (χ0v) is 12.5. The molecule has 3 heteroatoms. The van der Waals surface area contributed by atoms with Crippen LogP contribution >= 0.6 is 0 Å². The molecule has 5 aliphatic rings. The van der Waals surface area contributed by atoms with E-state index >= 15 is 0 Å². The molecular formula is C18H23NO2. The van der Waals surface area contributed by atoms with Gasteiger partial charge in [-0.2, -0.15) is 0 Å². The van der Waals surface area contributed by atoms with Crippen molar-refractivity contribution in [3.8, 4) is 0 Å². The Balaban J connectivity index is 1.35. The van der Waals surface area contributed by atoms with E-state index in [0.29, 0.717) is 5.92 Å². The number of aliphatic hydroxyl groups is 1. The monoisotopic (exact) mass is 285 g/mol. The van der Waals surface area contributed by atoms with Gasteiger partial charge >= 0.3 is 0 Å². The summed E-state index contributed by atoms with van der Waals surface area (Å²) in [4.78, 5) is 13.7. The average molecular weight is 285 g/mol. The van der Waals surface area contributed by atoms with Crippen molar-refractivity contribution in [3.05, 3.63) is 23.8 Å². The van der Waals surface area contributed by atoms with Gasteiger partial charge in [-0.05, 0) is 73.2 Å². The first-order chi connectivity index (χ1) is 10.1. The first-order valence-electron chi connectivity index (χ1n) is 8.48. The summed E-state index contributed by atoms with van der Waals surface area (Å²) in [5.74, 6) is 5.80. The van der Waals surface area contributed by atoms with Crippen molar-refractivity contribution in [2.24, 2.45) is 41.4 Å². The van der Waals surface area contributed by atoms with E-state index < -0.39 is 6.23 Å². The minimum Gasteiger partial charge on any atom is -0.369 e. The summed E-state index contributed by atoms with van der Waals surface area (Å²) < 4.78 is 0. The van der Waals surface area contributed by atoms with Gasteiger partial charge in [0.25, 0.3) is 0 Å². The van der Waals surface area contributed by atoms with Crippen LogP contribution in [0.3, 0.4) is 0 Å². The maximum absolute atomic E-state index is 12.0. The fourth-order valence-corrected chi connectivity index (χ4v) is 6.52. The highest BCUT2D eigenvalue weighted by molar-refractivity contribution is 5.91. The number of nitrogens with zero attached hydrogens (tertiary/aromatic N) is 1. The second-order valence-electron chi connectivity index (χ2n) is 8.01. The summed E-state index contributed by atoms with van der Waals surface area (Å²) in [6.07, 6.45) is 9.90. The molecule has 1 heterocycles. The van der Waals surface area contributed by atoms with Crippen LogP contribution in [-0.4, -0.2) is 28.7 Å². The number of amides is 1. The highest BCUT2D eigenvalue weighted by Crippen LogP contribution is 2.67. The summed E-state index contributed by atoms with van der Waals surface area (Å²) in [6.45, 7) is 2.61. The Morgan fingerprint density at radius 1 is 1.19 bits per heavy atom. The van der Waals surface area contributed by atoms with Gasteiger partial charge in [-0.3, -0.25) is 4.79 Å². The Bertz CT molecular complexity index is 566. The van der Waals surface area contributed by atoms with Crippen LogP contribution in [-0.2, 0) is 4.79 Å². The zero-order chi connectivity index (χ0) is 14.3. The third-order valence-corrected chi connectivity index (χ3v) is 7.18. The fraction of sp³-hybridized carbons (Fsp3) is 0.722. The van der Waals surface area contributed by atoms with Crippen molar-refractivity contribution in [3.63, 3.8) is 0 Å². The van der Waals surface area contributed by atoms with E-state index in [0.717, 1.165) is 47.6 Å². The summed E-state index contributed by atoms with van der Waals surface area (Å²) in [5.41, 5.74) is 0.795. The number of carbonyl (C=O) groups excluding carboxylic acids is 1. The molecule has 0 aromatic carbocycles. The molecule has 8 atom stereocenters. The first-order valence-corrected chi connectivity index (χ1v) is 8.48. The molecule has 8 unspecified atom stereocenters. The van der Waals surface area contributed by atoms with Crippen molar-refractivity contribution in [2.45, 2.75) is 32.4 Å². The van der Waals surface area contributed by atoms with Crippen molar-refractivity contribution in [1.29, 1.82) is 0 Å². The smallest absolute Gasteiger partial charge is 0.248 e. The zero-order valence-electron chi connectivity index (χ0n) is 12.5. The van der Waals surface area contributed by atoms with E-state index in [9.17, 15) is 9.90 Å². The lowest BCUT2D eigenvalue weighted by molar-refractivity contribution is -0.132. The van der Waals surface area contributed by atoms with Crippen LogP contribution in [0.5, 0.6) is 0 Å². The molecule has 3 nitrogen and oxygen atoms in total. The molecule has 1 amide bonds. The molecule has 5 rings (SSSR count). The molecule has 3 saturated carbocycles. The van der Waals surface area contributed by atoms with Gasteiger partial charge in [0.1, 0.15) is 0 Å². The lowest BCUT2D eigenvalue weighted by Gasteiger charge is -2.38. The standard InChI is InChI=1S/C18H23NO2/c1-9-4-15(20)19(18(9)21)8-13-6-12-7-14(13)17-11-3-2-10(5-11)16(12)17/h2-4,10-14,16-18,21H,5-8H2,1H3. The minimum absolute atomic E-state index is 0.00663. The van der Waals surface area contributed by atoms with Gasteiger partial charge in [-0.15, -0.1) is 0 Å². The minimum atomic E-state index is -0.674. The molecule has 1 N–H and O–H groups in total. The topological polar surface area (TPSA) is 40.5 Å². The van der Waals surface area contributed by atoms with Gasteiger partial charge < -0.3 is 10.0 Å². The Kier molecular flexibility index (Phi) is 2.38. The van der Waals surface area contributed by atoms with E-state index in [1.165, 1.54) is 19.3 Å². The Labute approximate surface area is 125 Å². The molecule has 0 saturated heterocycles. The summed E-state index contributed by atoms with van der Waals surface area (Å²) in [5, 5.41) is 10.2. The lowest BCUT2D eigenvalue weighted by atomic mass is 9.69. The van der Waals surface area contributed by atoms with E-state index in [2.05, 4.69) is 12.2 Å². The van der Waals surface area contributed by atoms with E-state index in [4.69, 9.17) is 0 Å². The molecule has 1 aliphatic heterocycles. The van der Waals surface area contributed by atoms with Crippen molar-refractivity contribution < 1.29 is 9.90 Å². The maximum atomic E-state index is 12.0. The predicted octanol–water partition coefficient (Wildman–Crippen LogP) is 2.19. The van der Waals surface area contributed by atoms with Gasteiger partial charge in [-0.1, -0.05) is 12.2 Å². The quantitative estimate of drug-likeness (QED) is 0.624. The fourth-order valence-electron chi connectivity index (χ4n) is 6.52. The first kappa shape index (κ1) is 12.5. The number of fused-ring (bicyclic) bond motifs is 9. The Hall–Kier alpha value is -1.09. The van der Waals surface area contributed by atoms with Gasteiger partial charge in [0.05, 0.1) is 0 Å². The molecule has 3 fully saturated rings. The van der Waals surface area contributed by atoms with Crippen molar-refractivity contribution >= 4 is 5.91 Å². The van der Waals surface area contributed by atoms with Crippen molar-refractivity contribution in [2.75, 3.05) is 6.54 Å². The number of hydrogen-bond acceptors (Lipinski definition) is 2. The van der Waals surface area contributed by atoms with Gasteiger partial charge in [0.2, 0.25) is 5.91 Å². The second kappa shape index (κ2) is 4.01. The number of aliphatic hydroxyl groups excluding tert-OH is 1. The van der Waals surface area contributed by atoms with Crippen LogP contribution in [0.1, 0.15) is 26.2 Å². The normalized spacial score (nSPS) is 53.0. The molecule has 4 aliphatic carbocycles. The number of rotatable bonds is 2. The van der Waals surface area contributed by atoms with Crippen LogP contribution in [0.25, 0.3) is 0 Å². The average Bonchev–Trinajstić information content (AvgIpc) is 3.22. The molecule has 0 spiro atoms. The van der Waals surface area contributed by atoms with E-state index in [-0.39, 0.29) is 5.91 Å². The predicted molar refractivity (Wildman–Crippen MR) is 78.9 cm³/mol. The van der Waals surface area contributed by atoms with Crippen LogP contribution in [0.15, 0.2) is 23.8 Å². The van der Waals surface area contributed by atoms with E-state index in [1.54, 1.807) is 11.0 Å². The summed E-state index contributed by atoms with van der Waals surface area (Å²) >= 11 is 0. The summed E-state index contributed by atoms with van der Waals surface area (Å²) in [6, 6.07) is 0. The van der Waals surface area contributed by atoms with Crippen LogP contribution in [0.2, 0.25) is 0 Å². The van der Waals surface area contributed by atoms with Crippen LogP contribution in [0, 0.1) is 41.4 Å². The largest absolute Gasteiger partial charge is 0.369 e. The van der Waals surface area contributed by atoms with E-state index in [1.807, 2.05) is 6.92 Å². The maximum Gasteiger partial charge on any atom is 0.248 e. The molecule has 21 heavy (non-hydrogen) atoms. The second-order valence-corrected chi connectivity index (χ2v) is 8.01. The number of carbonyl (C=O) groups is 1. The molecular weight excluding hydrogens is 262 g/mol. The van der Waals surface area contributed by atoms with Crippen LogP contribution < -0.4 is 0 Å². The summed E-state index contributed by atoms with van der Waals surface area (Å²) in [7, 11) is 0. The van der Waals surface area contributed by atoms with Gasteiger partial charge in [-0.25, -0.2) is 0 Å². The van der Waals surface area contributed by atoms with Gasteiger partial charge in [0.15, 0.2) is 6.23 Å². The number of allylic oxidation sites excluding steroid dienone is 2. The Morgan fingerprint density at radius 3 is 2.67 bits per heavy atom. The lowest BCUT2D eigenvalue weighted by Crippen LogP contribution is -2.42. The molecule has 0 radical (unpaired) electrons. The Morgan fingerprint density at radius 2 is 1.95 bits per heavy atom. The third kappa shape index (κ3) is 1.51.